The summed E-state index contributed by atoms with van der Waals surface area (Å²) >= 11 is 0. The predicted molar refractivity (Wildman–Crippen MR) is 74.2 cm³/mol. The van der Waals surface area contributed by atoms with Crippen molar-refractivity contribution in [3.63, 3.8) is 0 Å². The minimum atomic E-state index is -0.229. The first-order valence-electron chi connectivity index (χ1n) is 6.37. The van der Waals surface area contributed by atoms with Gasteiger partial charge in [-0.3, -0.25) is 9.48 Å². The molecule has 0 aliphatic heterocycles. The zero-order valence-corrected chi connectivity index (χ0v) is 11.1. The molecule has 0 fully saturated rings. The van der Waals surface area contributed by atoms with E-state index < -0.39 is 0 Å². The molecule has 2 aromatic heterocycles. The van der Waals surface area contributed by atoms with Gasteiger partial charge in [-0.25, -0.2) is 4.68 Å². The maximum atomic E-state index is 11.8. The maximum Gasteiger partial charge on any atom is 0.247 e. The Kier molecular flexibility index (Phi) is 3.68. The lowest BCUT2D eigenvalue weighted by molar-refractivity contribution is -0.117. The van der Waals surface area contributed by atoms with Crippen LogP contribution in [0.2, 0.25) is 0 Å². The van der Waals surface area contributed by atoms with E-state index in [-0.39, 0.29) is 12.5 Å². The molecule has 3 aromatic rings. The van der Waals surface area contributed by atoms with Crippen LogP contribution >= 0.6 is 0 Å². The molecule has 1 N–H and O–H groups in total. The topological polar surface area (TPSA) is 90.5 Å². The number of hydrogen-bond acceptors (Lipinski definition) is 5. The fourth-order valence-electron chi connectivity index (χ4n) is 1.87. The van der Waals surface area contributed by atoms with Gasteiger partial charge in [0, 0.05) is 12.3 Å². The second kappa shape index (κ2) is 5.95. The zero-order chi connectivity index (χ0) is 14.5. The summed E-state index contributed by atoms with van der Waals surface area (Å²) in [6.45, 7) is 0.711. The van der Waals surface area contributed by atoms with Crippen molar-refractivity contribution in [3.8, 4) is 0 Å². The van der Waals surface area contributed by atoms with E-state index in [1.807, 2.05) is 36.5 Å². The average Bonchev–Trinajstić information content (AvgIpc) is 3.12. The number of rotatable bonds is 5. The summed E-state index contributed by atoms with van der Waals surface area (Å²) < 4.78 is 3.11. The summed E-state index contributed by atoms with van der Waals surface area (Å²) in [5, 5.41) is 17.6. The number of nitrogens with zero attached hydrogens (tertiary/aromatic N) is 6. The number of hydrogen-bond donors (Lipinski definition) is 1. The lowest BCUT2D eigenvalue weighted by Gasteiger charge is -2.02. The Hall–Kier alpha value is -3.03. The highest BCUT2D eigenvalue weighted by Crippen LogP contribution is 2.06. The molecule has 0 aliphatic rings. The first-order valence-corrected chi connectivity index (χ1v) is 6.37. The third-order valence-electron chi connectivity index (χ3n) is 2.79. The summed E-state index contributed by atoms with van der Waals surface area (Å²) in [6, 6.07) is 11.7. The van der Waals surface area contributed by atoms with E-state index in [4.69, 9.17) is 0 Å². The van der Waals surface area contributed by atoms with Gasteiger partial charge >= 0.3 is 0 Å². The molecule has 8 heteroatoms. The van der Waals surface area contributed by atoms with Crippen LogP contribution < -0.4 is 5.32 Å². The van der Waals surface area contributed by atoms with Gasteiger partial charge in [0.25, 0.3) is 0 Å². The van der Waals surface area contributed by atoms with Crippen molar-refractivity contribution in [2.75, 3.05) is 5.32 Å². The number of benzene rings is 1. The van der Waals surface area contributed by atoms with Crippen LogP contribution in [0.15, 0.2) is 48.9 Å². The van der Waals surface area contributed by atoms with Crippen LogP contribution in [0.5, 0.6) is 0 Å². The maximum absolute atomic E-state index is 11.8. The number of anilines is 1. The molecule has 0 spiro atoms. The number of carbonyl (C=O) groups excluding carboxylic acids is 1. The highest BCUT2D eigenvalue weighted by molar-refractivity contribution is 5.89. The quantitative estimate of drug-likeness (QED) is 0.738. The lowest BCUT2D eigenvalue weighted by Crippen LogP contribution is -2.19. The van der Waals surface area contributed by atoms with Crippen LogP contribution in [-0.4, -0.2) is 35.9 Å². The highest BCUT2D eigenvalue weighted by atomic mass is 16.2. The van der Waals surface area contributed by atoms with Crippen molar-refractivity contribution in [2.24, 2.45) is 0 Å². The largest absolute Gasteiger partial charge is 0.308 e. The molecule has 21 heavy (non-hydrogen) atoms. The van der Waals surface area contributed by atoms with Gasteiger partial charge in [-0.1, -0.05) is 30.3 Å². The molecule has 8 nitrogen and oxygen atoms in total. The molecule has 1 amide bonds. The van der Waals surface area contributed by atoms with E-state index in [1.54, 1.807) is 10.7 Å². The number of nitrogens with one attached hydrogen (secondary N) is 1. The van der Waals surface area contributed by atoms with Gasteiger partial charge in [0.15, 0.2) is 5.82 Å². The molecule has 0 aliphatic carbocycles. The average molecular weight is 283 g/mol. The minimum Gasteiger partial charge on any atom is -0.308 e. The third-order valence-corrected chi connectivity index (χ3v) is 2.79. The van der Waals surface area contributed by atoms with Crippen molar-refractivity contribution in [2.45, 2.75) is 13.1 Å². The molecule has 0 bridgehead atoms. The molecule has 106 valence electrons. The van der Waals surface area contributed by atoms with Gasteiger partial charge < -0.3 is 5.32 Å². The number of aromatic nitrogens is 6. The molecule has 0 saturated carbocycles. The van der Waals surface area contributed by atoms with Gasteiger partial charge in [0.1, 0.15) is 12.9 Å². The van der Waals surface area contributed by atoms with E-state index in [1.165, 1.54) is 11.0 Å². The van der Waals surface area contributed by atoms with Crippen LogP contribution in [0.4, 0.5) is 5.82 Å². The normalized spacial score (nSPS) is 10.5. The van der Waals surface area contributed by atoms with E-state index in [2.05, 4.69) is 25.9 Å². The molecule has 3 rings (SSSR count). The Balaban J connectivity index is 1.59. The summed E-state index contributed by atoms with van der Waals surface area (Å²) in [5.41, 5.74) is 1.15. The number of amides is 1. The molecule has 0 unspecified atom stereocenters. The van der Waals surface area contributed by atoms with Gasteiger partial charge in [-0.2, -0.15) is 5.10 Å². The van der Waals surface area contributed by atoms with E-state index in [0.29, 0.717) is 12.4 Å². The van der Waals surface area contributed by atoms with E-state index in [0.717, 1.165) is 5.56 Å². The standard InChI is InChI=1S/C13H13N7O/c21-13(9-20-10-14-17-18-20)15-12-6-7-19(16-12)8-11-4-2-1-3-5-11/h1-7,10H,8-9H2,(H,15,16,21). The second-order valence-electron chi connectivity index (χ2n) is 4.44. The first kappa shape index (κ1) is 13.0. The van der Waals surface area contributed by atoms with Crippen LogP contribution in [0.3, 0.4) is 0 Å². The van der Waals surface area contributed by atoms with Crippen LogP contribution in [0.25, 0.3) is 0 Å². The second-order valence-corrected chi connectivity index (χ2v) is 4.44. The monoisotopic (exact) mass is 283 g/mol. The Morgan fingerprint density at radius 2 is 2.00 bits per heavy atom. The fraction of sp³-hybridized carbons (Fsp3) is 0.154. The fourth-order valence-corrected chi connectivity index (χ4v) is 1.87. The molecule has 2 heterocycles. The van der Waals surface area contributed by atoms with Crippen molar-refractivity contribution >= 4 is 11.7 Å². The molecular formula is C13H13N7O. The SMILES string of the molecule is O=C(Cn1cnnn1)Nc1ccn(Cc2ccccc2)n1. The summed E-state index contributed by atoms with van der Waals surface area (Å²) in [4.78, 5) is 11.8. The van der Waals surface area contributed by atoms with Crippen molar-refractivity contribution in [1.82, 2.24) is 30.0 Å². The number of tetrazole rings is 1. The Bertz CT molecular complexity index is 705. The van der Waals surface area contributed by atoms with Crippen molar-refractivity contribution in [3.05, 3.63) is 54.5 Å². The van der Waals surface area contributed by atoms with Gasteiger partial charge in [-0.05, 0) is 16.0 Å². The van der Waals surface area contributed by atoms with Gasteiger partial charge in [0.2, 0.25) is 5.91 Å². The Labute approximate surface area is 120 Å². The molecule has 0 atom stereocenters. The molecule has 0 radical (unpaired) electrons. The Morgan fingerprint density at radius 1 is 1.14 bits per heavy atom. The number of carbonyl (C=O) groups is 1. The summed E-state index contributed by atoms with van der Waals surface area (Å²) in [5.74, 6) is 0.274. The first-order chi connectivity index (χ1) is 10.3. The van der Waals surface area contributed by atoms with E-state index in [9.17, 15) is 4.79 Å². The van der Waals surface area contributed by atoms with Crippen molar-refractivity contribution in [1.29, 1.82) is 0 Å². The van der Waals surface area contributed by atoms with E-state index >= 15 is 0 Å². The van der Waals surface area contributed by atoms with Crippen LogP contribution in [0, 0.1) is 0 Å². The Morgan fingerprint density at radius 3 is 2.76 bits per heavy atom. The van der Waals surface area contributed by atoms with Crippen molar-refractivity contribution < 1.29 is 4.79 Å². The highest BCUT2D eigenvalue weighted by Gasteiger charge is 2.07. The molecule has 0 saturated heterocycles. The molecule has 1 aromatic carbocycles. The van der Waals surface area contributed by atoms with Crippen LogP contribution in [0.1, 0.15) is 5.56 Å². The third kappa shape index (κ3) is 3.50. The lowest BCUT2D eigenvalue weighted by atomic mass is 10.2. The summed E-state index contributed by atoms with van der Waals surface area (Å²) in [6.07, 6.45) is 3.20. The smallest absolute Gasteiger partial charge is 0.247 e. The van der Waals surface area contributed by atoms with Gasteiger partial charge in [-0.15, -0.1) is 5.10 Å². The summed E-state index contributed by atoms with van der Waals surface area (Å²) in [7, 11) is 0. The molecular weight excluding hydrogens is 270 g/mol. The zero-order valence-electron chi connectivity index (χ0n) is 11.1. The minimum absolute atomic E-state index is 0.0541. The predicted octanol–water partition coefficient (Wildman–Crippen LogP) is 0.557. The van der Waals surface area contributed by atoms with Crippen LogP contribution in [-0.2, 0) is 17.9 Å². The van der Waals surface area contributed by atoms with Gasteiger partial charge in [0.05, 0.1) is 6.54 Å².